The molecule has 0 aromatic carbocycles. The molecule has 17 heavy (non-hydrogen) atoms. The van der Waals surface area contributed by atoms with Crippen LogP contribution in [-0.4, -0.2) is 32.4 Å². The minimum atomic E-state index is -3.65. The largest absolute Gasteiger partial charge is 0.479 e. The first-order chi connectivity index (χ1) is 7.95. The highest BCUT2D eigenvalue weighted by Gasteiger charge is 2.39. The Morgan fingerprint density at radius 1 is 0.882 bits per heavy atom. The Morgan fingerprint density at radius 3 is 1.59 bits per heavy atom. The SMILES string of the molecule is CCOC(C)(OCC)OP(=O)(OCC)OCC. The molecule has 0 fully saturated rings. The second kappa shape index (κ2) is 8.19. The third-order valence-corrected chi connectivity index (χ3v) is 3.37. The zero-order valence-electron chi connectivity index (χ0n) is 11.2. The average molecular weight is 270 g/mol. The van der Waals surface area contributed by atoms with Gasteiger partial charge in [-0.05, 0) is 27.7 Å². The number of phosphoric ester groups is 1. The van der Waals surface area contributed by atoms with E-state index >= 15 is 0 Å². The predicted molar refractivity (Wildman–Crippen MR) is 63.6 cm³/mol. The van der Waals surface area contributed by atoms with Crippen LogP contribution in [0.25, 0.3) is 0 Å². The van der Waals surface area contributed by atoms with Gasteiger partial charge in [0.25, 0.3) is 5.97 Å². The number of hydrogen-bond donors (Lipinski definition) is 0. The lowest BCUT2D eigenvalue weighted by Gasteiger charge is -2.31. The van der Waals surface area contributed by atoms with Gasteiger partial charge in [-0.25, -0.2) is 9.09 Å². The molecule has 0 atom stereocenters. The van der Waals surface area contributed by atoms with E-state index in [1.807, 2.05) is 0 Å². The van der Waals surface area contributed by atoms with Crippen molar-refractivity contribution >= 4 is 7.82 Å². The van der Waals surface area contributed by atoms with E-state index in [0.717, 1.165) is 0 Å². The van der Waals surface area contributed by atoms with Crippen molar-refractivity contribution in [1.29, 1.82) is 0 Å². The van der Waals surface area contributed by atoms with Crippen LogP contribution in [0.3, 0.4) is 0 Å². The van der Waals surface area contributed by atoms with Crippen LogP contribution in [0.15, 0.2) is 0 Å². The first kappa shape index (κ1) is 17.0. The lowest BCUT2D eigenvalue weighted by Crippen LogP contribution is -2.35. The van der Waals surface area contributed by atoms with Gasteiger partial charge in [0.1, 0.15) is 0 Å². The number of hydrogen-bond acceptors (Lipinski definition) is 6. The average Bonchev–Trinajstić information content (AvgIpc) is 2.17. The molecule has 0 unspecified atom stereocenters. The number of rotatable bonds is 10. The molecule has 0 aliphatic heterocycles. The third-order valence-electron chi connectivity index (χ3n) is 1.67. The van der Waals surface area contributed by atoms with Gasteiger partial charge in [0.15, 0.2) is 0 Å². The topological polar surface area (TPSA) is 63.2 Å². The lowest BCUT2D eigenvalue weighted by atomic mass is 10.6. The Labute approximate surface area is 103 Å². The van der Waals surface area contributed by atoms with Gasteiger partial charge >= 0.3 is 7.82 Å². The van der Waals surface area contributed by atoms with Gasteiger partial charge in [-0.15, -0.1) is 0 Å². The minimum absolute atomic E-state index is 0.214. The van der Waals surface area contributed by atoms with Crippen molar-refractivity contribution in [2.24, 2.45) is 0 Å². The highest BCUT2D eigenvalue weighted by atomic mass is 31.2. The molecule has 0 heterocycles. The van der Waals surface area contributed by atoms with Crippen molar-refractivity contribution in [2.75, 3.05) is 26.4 Å². The van der Waals surface area contributed by atoms with Gasteiger partial charge in [-0.1, -0.05) is 0 Å². The molecule has 0 saturated heterocycles. The maximum atomic E-state index is 12.2. The van der Waals surface area contributed by atoms with E-state index in [9.17, 15) is 4.57 Å². The van der Waals surface area contributed by atoms with Crippen LogP contribution in [0.5, 0.6) is 0 Å². The van der Waals surface area contributed by atoms with Gasteiger partial charge < -0.3 is 9.47 Å². The monoisotopic (exact) mass is 270 g/mol. The third kappa shape index (κ3) is 6.50. The fraction of sp³-hybridized carbons (Fsp3) is 1.00. The summed E-state index contributed by atoms with van der Waals surface area (Å²) >= 11 is 0. The van der Waals surface area contributed by atoms with Crippen molar-refractivity contribution in [1.82, 2.24) is 0 Å². The molecule has 0 aromatic heterocycles. The van der Waals surface area contributed by atoms with Crippen molar-refractivity contribution in [3.8, 4) is 0 Å². The van der Waals surface area contributed by atoms with Crippen LogP contribution in [0.4, 0.5) is 0 Å². The first-order valence-electron chi connectivity index (χ1n) is 5.83. The number of ether oxygens (including phenoxy) is 2. The lowest BCUT2D eigenvalue weighted by molar-refractivity contribution is -0.335. The summed E-state index contributed by atoms with van der Waals surface area (Å²) in [6.07, 6.45) is 0. The summed E-state index contributed by atoms with van der Waals surface area (Å²) in [7, 11) is -3.65. The molecule has 0 saturated carbocycles. The molecule has 0 aliphatic carbocycles. The van der Waals surface area contributed by atoms with Crippen molar-refractivity contribution in [3.05, 3.63) is 0 Å². The summed E-state index contributed by atoms with van der Waals surface area (Å²) in [5.74, 6) is -1.43. The molecule has 0 radical (unpaired) electrons. The van der Waals surface area contributed by atoms with Crippen LogP contribution in [0.2, 0.25) is 0 Å². The van der Waals surface area contributed by atoms with Crippen LogP contribution in [0, 0.1) is 0 Å². The Morgan fingerprint density at radius 2 is 1.29 bits per heavy atom. The summed E-state index contributed by atoms with van der Waals surface area (Å²) in [5, 5.41) is 0. The first-order valence-corrected chi connectivity index (χ1v) is 7.29. The van der Waals surface area contributed by atoms with Crippen LogP contribution < -0.4 is 0 Å². The van der Waals surface area contributed by atoms with Gasteiger partial charge in [0.2, 0.25) is 0 Å². The second-order valence-electron chi connectivity index (χ2n) is 3.10. The molecular formula is C10H23O6P. The molecular weight excluding hydrogens is 247 g/mol. The van der Waals surface area contributed by atoms with Gasteiger partial charge in [-0.2, -0.15) is 0 Å². The Hall–Kier alpha value is 0.0300. The smallest absolute Gasteiger partial charge is 0.328 e. The molecule has 0 bridgehead atoms. The summed E-state index contributed by atoms with van der Waals surface area (Å²) < 4.78 is 38.0. The normalized spacial score (nSPS) is 13.0. The van der Waals surface area contributed by atoms with Crippen molar-refractivity contribution in [3.63, 3.8) is 0 Å². The predicted octanol–water partition coefficient (Wildman–Crippen LogP) is 2.93. The summed E-state index contributed by atoms with van der Waals surface area (Å²) in [5.41, 5.74) is 0. The maximum Gasteiger partial charge on any atom is 0.479 e. The van der Waals surface area contributed by atoms with E-state index in [1.165, 1.54) is 6.92 Å². The van der Waals surface area contributed by atoms with E-state index in [4.69, 9.17) is 23.0 Å². The number of phosphoric acid groups is 1. The molecule has 7 heteroatoms. The molecule has 0 N–H and O–H groups in total. The zero-order valence-corrected chi connectivity index (χ0v) is 12.1. The molecule has 104 valence electrons. The Balaban J connectivity index is 4.72. The molecule has 0 aliphatic rings. The Kier molecular flexibility index (Phi) is 8.20. The summed E-state index contributed by atoms with van der Waals surface area (Å²) in [6, 6.07) is 0. The van der Waals surface area contributed by atoms with Crippen molar-refractivity contribution in [2.45, 2.75) is 40.6 Å². The van der Waals surface area contributed by atoms with Crippen LogP contribution in [-0.2, 0) is 27.6 Å². The zero-order chi connectivity index (χ0) is 13.4. The second-order valence-corrected chi connectivity index (χ2v) is 4.70. The van der Waals surface area contributed by atoms with E-state index in [2.05, 4.69) is 0 Å². The van der Waals surface area contributed by atoms with Gasteiger partial charge in [0, 0.05) is 20.1 Å². The fourth-order valence-corrected chi connectivity index (χ4v) is 2.55. The summed E-state index contributed by atoms with van der Waals surface area (Å²) in [6.45, 7) is 9.65. The van der Waals surface area contributed by atoms with Crippen LogP contribution >= 0.6 is 7.82 Å². The van der Waals surface area contributed by atoms with E-state index < -0.39 is 13.8 Å². The summed E-state index contributed by atoms with van der Waals surface area (Å²) in [4.78, 5) is 0. The van der Waals surface area contributed by atoms with E-state index in [0.29, 0.717) is 13.2 Å². The minimum Gasteiger partial charge on any atom is -0.328 e. The highest BCUT2D eigenvalue weighted by Crippen LogP contribution is 2.52. The molecule has 0 aromatic rings. The van der Waals surface area contributed by atoms with Crippen LogP contribution in [0.1, 0.15) is 34.6 Å². The van der Waals surface area contributed by atoms with Crippen molar-refractivity contribution < 1.29 is 27.6 Å². The fourth-order valence-electron chi connectivity index (χ4n) is 1.23. The maximum absolute atomic E-state index is 12.2. The quantitative estimate of drug-likeness (QED) is 0.449. The van der Waals surface area contributed by atoms with Gasteiger partial charge in [0.05, 0.1) is 13.2 Å². The van der Waals surface area contributed by atoms with E-state index in [1.54, 1.807) is 27.7 Å². The molecule has 0 spiro atoms. The van der Waals surface area contributed by atoms with E-state index in [-0.39, 0.29) is 13.2 Å². The Bertz CT molecular complexity index is 229. The molecule has 0 rings (SSSR count). The standard InChI is InChI=1S/C10H23O6P/c1-6-12-10(5,13-7-2)16-17(11,14-8-3)15-9-4/h6-9H2,1-5H3. The highest BCUT2D eigenvalue weighted by molar-refractivity contribution is 7.48. The molecule has 6 nitrogen and oxygen atoms in total. The molecule has 0 amide bonds. The van der Waals surface area contributed by atoms with Gasteiger partial charge in [-0.3, -0.25) is 9.05 Å².